The molecule has 1 amide bonds. The number of aliphatic hydroxyl groups excluding tert-OH is 1. The Kier molecular flexibility index (Phi) is 6.58. The fraction of sp³-hybridized carbons (Fsp3) is 0.381. The predicted molar refractivity (Wildman–Crippen MR) is 108 cm³/mol. The zero-order valence-corrected chi connectivity index (χ0v) is 16.8. The van der Waals surface area contributed by atoms with E-state index in [0.717, 1.165) is 12.0 Å². The standard InChI is InChI=1S/C21H23FN6O3/c22-15-3-1-14(2-4-15)19-12-28(27-26-19)10-7-16-5-6-17(20(13-29)31-16)25-21(30)18-11-23-8-9-24-18/h1-4,8-9,11-12,16-17,20,29H,5-7,10,13H2,(H,25,30)/t16-,17+,20+/m0/s1. The van der Waals surface area contributed by atoms with Gasteiger partial charge in [0, 0.05) is 24.5 Å². The molecule has 1 aromatic carbocycles. The van der Waals surface area contributed by atoms with Gasteiger partial charge < -0.3 is 15.2 Å². The highest BCUT2D eigenvalue weighted by atomic mass is 19.1. The SMILES string of the molecule is O=C(N[C@@H]1CC[C@@H](CCn2cc(-c3ccc(F)cc3)nn2)O[C@@H]1CO)c1cnccn1. The Balaban J connectivity index is 1.29. The van der Waals surface area contributed by atoms with Crippen LogP contribution in [0.25, 0.3) is 11.3 Å². The van der Waals surface area contributed by atoms with Crippen molar-refractivity contribution >= 4 is 5.91 Å². The van der Waals surface area contributed by atoms with Crippen molar-refractivity contribution < 1.29 is 19.0 Å². The summed E-state index contributed by atoms with van der Waals surface area (Å²) in [6, 6.07) is 5.80. The second kappa shape index (κ2) is 9.71. The number of aromatic nitrogens is 5. The average molecular weight is 426 g/mol. The molecule has 10 heteroatoms. The molecule has 3 atom stereocenters. The molecule has 1 aliphatic heterocycles. The topological polar surface area (TPSA) is 115 Å². The van der Waals surface area contributed by atoms with E-state index in [1.165, 1.54) is 30.7 Å². The van der Waals surface area contributed by atoms with Gasteiger partial charge in [-0.3, -0.25) is 14.5 Å². The number of ether oxygens (including phenoxy) is 1. The Morgan fingerprint density at radius 3 is 2.84 bits per heavy atom. The molecule has 162 valence electrons. The maximum absolute atomic E-state index is 13.1. The van der Waals surface area contributed by atoms with Crippen molar-refractivity contribution in [3.63, 3.8) is 0 Å². The van der Waals surface area contributed by atoms with Crippen LogP contribution in [0.4, 0.5) is 4.39 Å². The molecule has 9 nitrogen and oxygen atoms in total. The van der Waals surface area contributed by atoms with Crippen LogP contribution in [0.15, 0.2) is 49.1 Å². The van der Waals surface area contributed by atoms with E-state index in [0.29, 0.717) is 25.1 Å². The van der Waals surface area contributed by atoms with Crippen LogP contribution < -0.4 is 5.32 Å². The van der Waals surface area contributed by atoms with Gasteiger partial charge >= 0.3 is 0 Å². The van der Waals surface area contributed by atoms with Gasteiger partial charge in [0.2, 0.25) is 0 Å². The van der Waals surface area contributed by atoms with Gasteiger partial charge in [-0.05, 0) is 43.5 Å². The molecule has 4 rings (SSSR count). The number of rotatable bonds is 7. The van der Waals surface area contributed by atoms with Crippen molar-refractivity contribution in [2.45, 2.75) is 44.1 Å². The Morgan fingerprint density at radius 2 is 2.10 bits per heavy atom. The molecule has 31 heavy (non-hydrogen) atoms. The lowest BCUT2D eigenvalue weighted by molar-refractivity contribution is -0.0912. The van der Waals surface area contributed by atoms with E-state index in [-0.39, 0.29) is 36.2 Å². The van der Waals surface area contributed by atoms with Crippen LogP contribution in [0, 0.1) is 5.82 Å². The molecule has 2 aromatic heterocycles. The number of benzene rings is 1. The van der Waals surface area contributed by atoms with Crippen molar-refractivity contribution in [3.05, 3.63) is 60.6 Å². The second-order valence-corrected chi connectivity index (χ2v) is 7.39. The monoisotopic (exact) mass is 426 g/mol. The third-order valence-electron chi connectivity index (χ3n) is 5.27. The van der Waals surface area contributed by atoms with Gasteiger partial charge in [-0.2, -0.15) is 0 Å². The largest absolute Gasteiger partial charge is 0.394 e. The maximum atomic E-state index is 13.1. The summed E-state index contributed by atoms with van der Waals surface area (Å²) >= 11 is 0. The molecule has 0 spiro atoms. The fourth-order valence-electron chi connectivity index (χ4n) is 3.60. The van der Waals surface area contributed by atoms with Gasteiger partial charge in [-0.15, -0.1) is 5.10 Å². The molecular formula is C21H23FN6O3. The summed E-state index contributed by atoms with van der Waals surface area (Å²) in [7, 11) is 0. The molecule has 3 heterocycles. The number of hydrogen-bond acceptors (Lipinski definition) is 7. The van der Waals surface area contributed by atoms with Gasteiger partial charge in [0.1, 0.15) is 23.3 Å². The Morgan fingerprint density at radius 1 is 1.26 bits per heavy atom. The number of hydrogen-bond donors (Lipinski definition) is 2. The molecule has 1 fully saturated rings. The number of aryl methyl sites for hydroxylation is 1. The van der Waals surface area contributed by atoms with Gasteiger partial charge in [0.15, 0.2) is 0 Å². The molecule has 1 aliphatic rings. The van der Waals surface area contributed by atoms with Gasteiger partial charge in [-0.1, -0.05) is 5.21 Å². The number of nitrogens with zero attached hydrogens (tertiary/aromatic N) is 5. The van der Waals surface area contributed by atoms with E-state index in [1.807, 2.05) is 6.20 Å². The summed E-state index contributed by atoms with van der Waals surface area (Å²) in [5, 5.41) is 20.9. The highest BCUT2D eigenvalue weighted by molar-refractivity contribution is 5.92. The van der Waals surface area contributed by atoms with E-state index in [1.54, 1.807) is 16.8 Å². The van der Waals surface area contributed by atoms with Crippen LogP contribution in [-0.4, -0.2) is 60.8 Å². The van der Waals surface area contributed by atoms with E-state index < -0.39 is 6.10 Å². The molecule has 0 aliphatic carbocycles. The number of aliphatic hydroxyl groups is 1. The van der Waals surface area contributed by atoms with E-state index in [2.05, 4.69) is 25.6 Å². The Bertz CT molecular complexity index is 998. The average Bonchev–Trinajstić information content (AvgIpc) is 3.28. The zero-order valence-electron chi connectivity index (χ0n) is 16.8. The first-order chi connectivity index (χ1) is 15.1. The number of carbonyl (C=O) groups excluding carboxylic acids is 1. The van der Waals surface area contributed by atoms with E-state index >= 15 is 0 Å². The third-order valence-corrected chi connectivity index (χ3v) is 5.27. The molecule has 0 radical (unpaired) electrons. The van der Waals surface area contributed by atoms with Crippen molar-refractivity contribution in [2.24, 2.45) is 0 Å². The van der Waals surface area contributed by atoms with Gasteiger partial charge in [-0.25, -0.2) is 9.37 Å². The maximum Gasteiger partial charge on any atom is 0.271 e. The lowest BCUT2D eigenvalue weighted by Gasteiger charge is -2.36. The molecular weight excluding hydrogens is 403 g/mol. The highest BCUT2D eigenvalue weighted by Gasteiger charge is 2.32. The molecule has 0 bridgehead atoms. The van der Waals surface area contributed by atoms with Crippen LogP contribution in [0.2, 0.25) is 0 Å². The summed E-state index contributed by atoms with van der Waals surface area (Å²) in [6.45, 7) is 0.396. The van der Waals surface area contributed by atoms with Crippen LogP contribution in [0.1, 0.15) is 29.8 Å². The van der Waals surface area contributed by atoms with Crippen LogP contribution >= 0.6 is 0 Å². The number of halogens is 1. The molecule has 0 saturated carbocycles. The first kappa shape index (κ1) is 21.0. The summed E-state index contributed by atoms with van der Waals surface area (Å²) < 4.78 is 20.8. The van der Waals surface area contributed by atoms with Gasteiger partial charge in [0.25, 0.3) is 5.91 Å². The summed E-state index contributed by atoms with van der Waals surface area (Å²) in [5.74, 6) is -0.634. The smallest absolute Gasteiger partial charge is 0.271 e. The van der Waals surface area contributed by atoms with E-state index in [4.69, 9.17) is 4.74 Å². The first-order valence-corrected chi connectivity index (χ1v) is 10.1. The van der Waals surface area contributed by atoms with Crippen LogP contribution in [-0.2, 0) is 11.3 Å². The lowest BCUT2D eigenvalue weighted by Crippen LogP contribution is -2.51. The summed E-state index contributed by atoms with van der Waals surface area (Å²) in [6.07, 6.45) is 7.70. The third kappa shape index (κ3) is 5.28. The lowest BCUT2D eigenvalue weighted by atomic mass is 9.97. The molecule has 2 N–H and O–H groups in total. The molecule has 1 saturated heterocycles. The first-order valence-electron chi connectivity index (χ1n) is 10.1. The summed E-state index contributed by atoms with van der Waals surface area (Å²) in [5.41, 5.74) is 1.69. The minimum Gasteiger partial charge on any atom is -0.394 e. The number of nitrogens with one attached hydrogen (secondary N) is 1. The zero-order chi connectivity index (χ0) is 21.6. The molecule has 3 aromatic rings. The normalized spacial score (nSPS) is 21.0. The quantitative estimate of drug-likeness (QED) is 0.590. The highest BCUT2D eigenvalue weighted by Crippen LogP contribution is 2.23. The van der Waals surface area contributed by atoms with Crippen molar-refractivity contribution in [1.82, 2.24) is 30.3 Å². The van der Waals surface area contributed by atoms with Crippen molar-refractivity contribution in [2.75, 3.05) is 6.61 Å². The van der Waals surface area contributed by atoms with E-state index in [9.17, 15) is 14.3 Å². The van der Waals surface area contributed by atoms with Crippen LogP contribution in [0.5, 0.6) is 0 Å². The van der Waals surface area contributed by atoms with Crippen molar-refractivity contribution in [3.8, 4) is 11.3 Å². The summed E-state index contributed by atoms with van der Waals surface area (Å²) in [4.78, 5) is 20.2. The Labute approximate surface area is 178 Å². The molecule has 0 unspecified atom stereocenters. The van der Waals surface area contributed by atoms with Crippen LogP contribution in [0.3, 0.4) is 0 Å². The minimum absolute atomic E-state index is 0.0692. The second-order valence-electron chi connectivity index (χ2n) is 7.39. The minimum atomic E-state index is -0.495. The fourth-order valence-corrected chi connectivity index (χ4v) is 3.60. The Hall–Kier alpha value is -3.24. The van der Waals surface area contributed by atoms with Crippen molar-refractivity contribution in [1.29, 1.82) is 0 Å². The van der Waals surface area contributed by atoms with Gasteiger partial charge in [0.05, 0.1) is 31.1 Å². The number of carbonyl (C=O) groups is 1. The predicted octanol–water partition coefficient (Wildman–Crippen LogP) is 1.60. The number of amides is 1.